The molecule has 1 aromatic carbocycles. The van der Waals surface area contributed by atoms with E-state index >= 15 is 0 Å². The van der Waals surface area contributed by atoms with Crippen LogP contribution in [0.4, 0.5) is 5.82 Å². The lowest BCUT2D eigenvalue weighted by Gasteiger charge is -2.27. The van der Waals surface area contributed by atoms with Gasteiger partial charge in [-0.25, -0.2) is 9.97 Å². The van der Waals surface area contributed by atoms with Gasteiger partial charge >= 0.3 is 7.05 Å². The van der Waals surface area contributed by atoms with E-state index in [9.17, 15) is 5.02 Å². The number of aromatic nitrogens is 2. The predicted molar refractivity (Wildman–Crippen MR) is 129 cm³/mol. The number of hydrogen-bond donors (Lipinski definition) is 1. The van der Waals surface area contributed by atoms with E-state index in [1.54, 1.807) is 29.2 Å². The van der Waals surface area contributed by atoms with E-state index in [0.717, 1.165) is 58.8 Å². The first-order chi connectivity index (χ1) is 15.5. The summed E-state index contributed by atoms with van der Waals surface area (Å²) < 4.78 is 18.9. The molecule has 1 fully saturated rings. The van der Waals surface area contributed by atoms with Gasteiger partial charge in [0.1, 0.15) is 23.2 Å². The largest absolute Gasteiger partial charge is 0.491 e. The SMILES string of the molecule is CC[C@H](COc1ccc2nc(-c3ccc(N(C)B(C)O)nc3)sc2c1)OC1CCCCO1. The summed E-state index contributed by atoms with van der Waals surface area (Å²) in [6.45, 7) is 5.09. The summed E-state index contributed by atoms with van der Waals surface area (Å²) in [5.41, 5.74) is 1.88. The van der Waals surface area contributed by atoms with Gasteiger partial charge < -0.3 is 24.0 Å². The summed E-state index contributed by atoms with van der Waals surface area (Å²) in [5.74, 6) is 1.53. The number of ether oxygens (including phenoxy) is 3. The van der Waals surface area contributed by atoms with Crippen molar-refractivity contribution in [1.82, 2.24) is 9.97 Å². The molecule has 2 atom stereocenters. The summed E-state index contributed by atoms with van der Waals surface area (Å²) in [7, 11) is 1.21. The van der Waals surface area contributed by atoms with Crippen LogP contribution in [0, 0.1) is 0 Å². The van der Waals surface area contributed by atoms with Gasteiger partial charge in [0.2, 0.25) is 0 Å². The van der Waals surface area contributed by atoms with Crippen LogP contribution >= 0.6 is 11.3 Å². The third-order valence-electron chi connectivity index (χ3n) is 5.65. The molecule has 3 aromatic rings. The number of hydrogen-bond acceptors (Lipinski definition) is 8. The lowest BCUT2D eigenvalue weighted by Crippen LogP contribution is -2.33. The molecule has 1 N–H and O–H groups in total. The standard InChI is InChI=1S/C23H30BN3O4S/c1-4-17(31-22-7-5-6-12-29-22)15-30-18-9-10-19-20(13-18)32-23(26-19)16-8-11-21(25-14-16)27(3)24(2)28/h8-11,13-14,17,22,28H,4-7,12,15H2,1-3H3/t17-,22?/m1/s1. The van der Waals surface area contributed by atoms with Gasteiger partial charge in [0.15, 0.2) is 6.29 Å². The molecule has 1 saturated heterocycles. The predicted octanol–water partition coefficient (Wildman–Crippen LogP) is 4.61. The Balaban J connectivity index is 1.41. The molecule has 0 aliphatic carbocycles. The van der Waals surface area contributed by atoms with Crippen molar-refractivity contribution >= 4 is 34.4 Å². The second-order valence-electron chi connectivity index (χ2n) is 8.07. The lowest BCUT2D eigenvalue weighted by atomic mass is 9.86. The molecule has 0 radical (unpaired) electrons. The van der Waals surface area contributed by atoms with Crippen molar-refractivity contribution in [2.45, 2.75) is 51.8 Å². The fourth-order valence-corrected chi connectivity index (χ4v) is 4.49. The quantitative estimate of drug-likeness (QED) is 0.473. The minimum absolute atomic E-state index is 0.00942. The summed E-state index contributed by atoms with van der Waals surface area (Å²) in [5, 5.41) is 10.6. The molecule has 0 amide bonds. The first-order valence-electron chi connectivity index (χ1n) is 11.2. The van der Waals surface area contributed by atoms with E-state index in [1.807, 2.05) is 37.4 Å². The molecule has 9 heteroatoms. The van der Waals surface area contributed by atoms with Gasteiger partial charge in [0, 0.05) is 18.4 Å². The van der Waals surface area contributed by atoms with Crippen LogP contribution in [-0.4, -0.2) is 54.7 Å². The molecule has 1 aliphatic heterocycles. The number of benzene rings is 1. The fourth-order valence-electron chi connectivity index (χ4n) is 3.51. The van der Waals surface area contributed by atoms with Gasteiger partial charge in [-0.2, -0.15) is 0 Å². The van der Waals surface area contributed by atoms with E-state index in [1.165, 1.54) is 0 Å². The topological polar surface area (TPSA) is 76.9 Å². The zero-order valence-electron chi connectivity index (χ0n) is 18.9. The Morgan fingerprint density at radius 1 is 1.31 bits per heavy atom. The molecule has 1 aliphatic rings. The molecule has 0 spiro atoms. The molecule has 32 heavy (non-hydrogen) atoms. The molecule has 4 rings (SSSR count). The van der Waals surface area contributed by atoms with Crippen LogP contribution in [0.2, 0.25) is 6.82 Å². The molecule has 3 heterocycles. The minimum Gasteiger partial charge on any atom is -0.491 e. The average molecular weight is 455 g/mol. The third kappa shape index (κ3) is 5.59. The summed E-state index contributed by atoms with van der Waals surface area (Å²) in [4.78, 5) is 10.9. The molecular weight excluding hydrogens is 425 g/mol. The van der Waals surface area contributed by atoms with Gasteiger partial charge in [-0.15, -0.1) is 11.3 Å². The monoisotopic (exact) mass is 455 g/mol. The highest BCUT2D eigenvalue weighted by Gasteiger charge is 2.19. The van der Waals surface area contributed by atoms with Gasteiger partial charge in [-0.05, 0) is 69.9 Å². The van der Waals surface area contributed by atoms with Crippen molar-refractivity contribution in [3.63, 3.8) is 0 Å². The highest BCUT2D eigenvalue weighted by Crippen LogP contribution is 2.32. The van der Waals surface area contributed by atoms with Gasteiger partial charge in [-0.3, -0.25) is 0 Å². The number of pyridine rings is 1. The van der Waals surface area contributed by atoms with Crippen molar-refractivity contribution < 1.29 is 19.2 Å². The molecule has 0 saturated carbocycles. The smallest absolute Gasteiger partial charge is 0.410 e. The van der Waals surface area contributed by atoms with Gasteiger partial charge in [-0.1, -0.05) is 6.92 Å². The second-order valence-corrected chi connectivity index (χ2v) is 9.10. The first-order valence-corrected chi connectivity index (χ1v) is 12.0. The Labute approximate surface area is 193 Å². The van der Waals surface area contributed by atoms with Crippen molar-refractivity contribution in [3.8, 4) is 16.3 Å². The lowest BCUT2D eigenvalue weighted by molar-refractivity contribution is -0.193. The maximum atomic E-state index is 9.71. The van der Waals surface area contributed by atoms with Crippen molar-refractivity contribution in [3.05, 3.63) is 36.5 Å². The van der Waals surface area contributed by atoms with E-state index in [4.69, 9.17) is 19.2 Å². The Morgan fingerprint density at radius 2 is 2.19 bits per heavy atom. The third-order valence-corrected chi connectivity index (χ3v) is 6.72. The van der Waals surface area contributed by atoms with E-state index < -0.39 is 7.05 Å². The molecule has 0 bridgehead atoms. The minimum atomic E-state index is -0.595. The highest BCUT2D eigenvalue weighted by molar-refractivity contribution is 7.21. The van der Waals surface area contributed by atoms with Gasteiger partial charge in [0.05, 0.1) is 16.3 Å². The normalized spacial score (nSPS) is 17.3. The fraction of sp³-hybridized carbons (Fsp3) is 0.478. The number of nitrogens with zero attached hydrogens (tertiary/aromatic N) is 3. The van der Waals surface area contributed by atoms with Crippen molar-refractivity contribution in [2.24, 2.45) is 0 Å². The van der Waals surface area contributed by atoms with Crippen LogP contribution in [0.15, 0.2) is 36.5 Å². The van der Waals surface area contributed by atoms with Crippen LogP contribution < -0.4 is 9.55 Å². The van der Waals surface area contributed by atoms with Crippen LogP contribution in [0.5, 0.6) is 5.75 Å². The molecular formula is C23H30BN3O4S. The maximum Gasteiger partial charge on any atom is 0.410 e. The molecule has 170 valence electrons. The zero-order valence-corrected chi connectivity index (χ0v) is 19.7. The van der Waals surface area contributed by atoms with Crippen LogP contribution in [0.3, 0.4) is 0 Å². The van der Waals surface area contributed by atoms with Crippen molar-refractivity contribution in [2.75, 3.05) is 25.1 Å². The Morgan fingerprint density at radius 3 is 2.88 bits per heavy atom. The average Bonchev–Trinajstić information content (AvgIpc) is 3.25. The van der Waals surface area contributed by atoms with E-state index in [0.29, 0.717) is 12.4 Å². The number of thiazole rings is 1. The Kier molecular flexibility index (Phi) is 7.62. The van der Waals surface area contributed by atoms with Crippen LogP contribution in [-0.2, 0) is 9.47 Å². The van der Waals surface area contributed by atoms with E-state index in [2.05, 4.69) is 11.9 Å². The summed E-state index contributed by atoms with van der Waals surface area (Å²) >= 11 is 1.61. The van der Waals surface area contributed by atoms with Gasteiger partial charge in [0.25, 0.3) is 0 Å². The molecule has 1 unspecified atom stereocenters. The summed E-state index contributed by atoms with van der Waals surface area (Å²) in [6.07, 6.45) is 5.79. The van der Waals surface area contributed by atoms with Crippen molar-refractivity contribution in [1.29, 1.82) is 0 Å². The van der Waals surface area contributed by atoms with E-state index in [-0.39, 0.29) is 12.4 Å². The second kappa shape index (κ2) is 10.6. The Hall–Kier alpha value is -2.20. The number of fused-ring (bicyclic) bond motifs is 1. The zero-order chi connectivity index (χ0) is 22.5. The highest BCUT2D eigenvalue weighted by atomic mass is 32.1. The Bertz CT molecular complexity index is 1010. The molecule has 7 nitrogen and oxygen atoms in total. The molecule has 2 aromatic heterocycles. The number of rotatable bonds is 9. The maximum absolute atomic E-state index is 9.71. The van der Waals surface area contributed by atoms with Crippen LogP contribution in [0.1, 0.15) is 32.6 Å². The van der Waals surface area contributed by atoms with Crippen LogP contribution in [0.25, 0.3) is 20.8 Å². The first kappa shape index (κ1) is 23.0. The number of anilines is 1. The summed E-state index contributed by atoms with van der Waals surface area (Å²) in [6, 6.07) is 9.84.